The fourth-order valence-corrected chi connectivity index (χ4v) is 10.9. The van der Waals surface area contributed by atoms with E-state index >= 15 is 4.39 Å². The molecule has 3 aromatic carbocycles. The van der Waals surface area contributed by atoms with Crippen molar-refractivity contribution in [2.75, 3.05) is 24.3 Å². The number of hydrogen-bond acceptors (Lipinski definition) is 13. The van der Waals surface area contributed by atoms with E-state index in [-0.39, 0.29) is 101 Å². The van der Waals surface area contributed by atoms with Crippen LogP contribution in [0.1, 0.15) is 79.1 Å². The van der Waals surface area contributed by atoms with Crippen LogP contribution in [-0.4, -0.2) is 76.3 Å². The highest BCUT2D eigenvalue weighted by Crippen LogP contribution is 2.45. The standard InChI is InChI=1S/C54H54F3N7O10S/c1-29(2)47(50(66)39-20-34(65)21-40(39)53(68)62-73-35-14-12-30(13-15-35)36-10-6-7-11-42(36)56)45-23-46(61-74-45)72-17-9-5-8-16-58-52(67)37-22-44-38(18-31(37)28-75(4,70)71)41-27-63(3)54(69)49-48(41)32(24-59-49)26-64(44)51-43(57)19-33(55)25-60-51/h6-7,10-15,18-19,22-25,27,29,34,39-40,47,59,65H,5,8-9,16-17,20-21,26,28H2,1-4H3,(H,58,67)(H,62,68)/t34-,39?,40+,47?/m0/s1. The molecule has 17 nitrogen and oxygen atoms in total. The Morgan fingerprint density at radius 1 is 0.947 bits per heavy atom. The molecule has 9 rings (SSSR count). The summed E-state index contributed by atoms with van der Waals surface area (Å²) in [5.74, 6) is -6.63. The second-order valence-electron chi connectivity index (χ2n) is 19.4. The second-order valence-corrected chi connectivity index (χ2v) is 21.6. The number of fused-ring (bicyclic) bond motifs is 2. The zero-order valence-electron chi connectivity index (χ0n) is 41.4. The zero-order valence-corrected chi connectivity index (χ0v) is 42.2. The van der Waals surface area contributed by atoms with Crippen molar-refractivity contribution in [1.82, 2.24) is 30.5 Å². The van der Waals surface area contributed by atoms with E-state index in [4.69, 9.17) is 14.1 Å². The highest BCUT2D eigenvalue weighted by Gasteiger charge is 2.46. The number of amides is 2. The molecular weight excluding hydrogens is 996 g/mol. The molecule has 5 heterocycles. The first kappa shape index (κ1) is 52.1. The Kier molecular flexibility index (Phi) is 15.0. The summed E-state index contributed by atoms with van der Waals surface area (Å²) in [6.45, 7) is 4.03. The quantitative estimate of drug-likeness (QED) is 0.0446. The fraction of sp³-hybridized carbons (Fsp3) is 0.333. The topological polar surface area (TPSA) is 228 Å². The molecule has 4 atom stereocenters. The van der Waals surface area contributed by atoms with Crippen LogP contribution in [0.5, 0.6) is 11.6 Å². The molecule has 1 fully saturated rings. The van der Waals surface area contributed by atoms with Gasteiger partial charge >= 0.3 is 0 Å². The molecule has 4 aromatic heterocycles. The van der Waals surface area contributed by atoms with Crippen LogP contribution >= 0.6 is 0 Å². The monoisotopic (exact) mass is 1050 g/mol. The number of benzene rings is 3. The van der Waals surface area contributed by atoms with Gasteiger partial charge in [-0.3, -0.25) is 19.2 Å². The van der Waals surface area contributed by atoms with Crippen LogP contribution in [0.3, 0.4) is 0 Å². The molecule has 21 heteroatoms. The Morgan fingerprint density at radius 3 is 2.44 bits per heavy atom. The molecule has 1 aliphatic carbocycles. The first-order valence-electron chi connectivity index (χ1n) is 24.4. The van der Waals surface area contributed by atoms with Gasteiger partial charge in [0.25, 0.3) is 23.3 Å². The number of anilines is 2. The Labute approximate surface area is 428 Å². The van der Waals surface area contributed by atoms with Crippen molar-refractivity contribution in [1.29, 1.82) is 0 Å². The number of aliphatic hydroxyl groups is 1. The summed E-state index contributed by atoms with van der Waals surface area (Å²) in [6.07, 6.45) is 5.93. The van der Waals surface area contributed by atoms with Gasteiger partial charge in [0.1, 0.15) is 22.9 Å². The number of aromatic nitrogens is 4. The molecule has 0 bridgehead atoms. The summed E-state index contributed by atoms with van der Waals surface area (Å²) in [6, 6.07) is 18.1. The highest BCUT2D eigenvalue weighted by molar-refractivity contribution is 7.89. The SMILES string of the molecule is CC(C)C(C(=O)C1C[C@H](O)C[C@H]1C(=O)NOc1ccc(-c2ccccc2F)cc1)c1cc(OCCCCCNC(=O)c2cc3c(cc2CS(C)(=O)=O)-c2cn(C)c(=O)c4[nH]cc(c24)CN3c2ncc(F)cc2F)no1. The third kappa shape index (κ3) is 11.2. The normalized spacial score (nSPS) is 16.7. The number of aromatic amines is 1. The molecule has 75 heavy (non-hydrogen) atoms. The lowest BCUT2D eigenvalue weighted by Crippen LogP contribution is -2.39. The van der Waals surface area contributed by atoms with E-state index in [1.54, 1.807) is 68.0 Å². The summed E-state index contributed by atoms with van der Waals surface area (Å²) >= 11 is 0. The lowest BCUT2D eigenvalue weighted by atomic mass is 9.79. The Morgan fingerprint density at radius 2 is 1.71 bits per heavy atom. The number of nitrogens with zero attached hydrogens (tertiary/aromatic N) is 4. The minimum Gasteiger partial charge on any atom is -0.476 e. The van der Waals surface area contributed by atoms with Crippen LogP contribution in [0.15, 0.2) is 101 Å². The van der Waals surface area contributed by atoms with E-state index in [1.165, 1.54) is 27.7 Å². The maximum absolute atomic E-state index is 15.6. The smallest absolute Gasteiger partial charge is 0.274 e. The first-order valence-corrected chi connectivity index (χ1v) is 26.5. The predicted octanol–water partition coefficient (Wildman–Crippen LogP) is 7.98. The van der Waals surface area contributed by atoms with Crippen LogP contribution in [0.4, 0.5) is 24.7 Å². The highest BCUT2D eigenvalue weighted by atomic mass is 32.2. The van der Waals surface area contributed by atoms with Crippen LogP contribution in [0.2, 0.25) is 0 Å². The number of carbonyl (C=O) groups is 3. The molecule has 392 valence electrons. The number of sulfone groups is 1. The zero-order chi connectivity index (χ0) is 53.3. The molecule has 0 saturated heterocycles. The number of Topliss-reactive ketones (excluding diaryl/α,β-unsaturated/α-hetero) is 1. The van der Waals surface area contributed by atoms with Gasteiger partial charge in [-0.15, -0.1) is 0 Å². The molecule has 4 N–H and O–H groups in total. The number of ether oxygens (including phenoxy) is 1. The number of hydroxylamine groups is 1. The molecule has 0 spiro atoms. The summed E-state index contributed by atoms with van der Waals surface area (Å²) in [7, 11) is -2.14. The number of carbonyl (C=O) groups excluding carboxylic acids is 3. The van der Waals surface area contributed by atoms with Crippen molar-refractivity contribution < 1.29 is 55.2 Å². The van der Waals surface area contributed by atoms with Gasteiger partial charge in [-0.05, 0) is 90.2 Å². The van der Waals surface area contributed by atoms with E-state index < -0.39 is 62.9 Å². The number of halogens is 3. The maximum atomic E-state index is 15.6. The van der Waals surface area contributed by atoms with Crippen LogP contribution in [0.25, 0.3) is 33.2 Å². The van der Waals surface area contributed by atoms with Crippen molar-refractivity contribution in [3.63, 3.8) is 0 Å². The second kappa shape index (κ2) is 21.6. The molecule has 2 amide bonds. The van der Waals surface area contributed by atoms with Gasteiger partial charge in [0.2, 0.25) is 0 Å². The number of aryl methyl sites for hydroxylation is 1. The van der Waals surface area contributed by atoms with Gasteiger partial charge in [0.05, 0.1) is 48.7 Å². The van der Waals surface area contributed by atoms with Gasteiger partial charge in [0.15, 0.2) is 33.0 Å². The van der Waals surface area contributed by atoms with E-state index in [2.05, 4.69) is 25.9 Å². The number of pyridine rings is 2. The third-order valence-electron chi connectivity index (χ3n) is 13.6. The Balaban J connectivity index is 0.815. The molecular formula is C54H54F3N7O10S. The van der Waals surface area contributed by atoms with Gasteiger partial charge in [-0.1, -0.05) is 44.2 Å². The van der Waals surface area contributed by atoms with Gasteiger partial charge in [-0.2, -0.15) is 5.48 Å². The van der Waals surface area contributed by atoms with Crippen molar-refractivity contribution >= 4 is 49.8 Å². The Bertz CT molecular complexity index is 3490. The van der Waals surface area contributed by atoms with Crippen LogP contribution in [-0.2, 0) is 38.8 Å². The fourth-order valence-electron chi connectivity index (χ4n) is 10.1. The summed E-state index contributed by atoms with van der Waals surface area (Å²) in [4.78, 5) is 68.9. The van der Waals surface area contributed by atoms with Crippen molar-refractivity contribution in [3.05, 3.63) is 142 Å². The molecule has 1 saturated carbocycles. The molecule has 2 aliphatic rings. The summed E-state index contributed by atoms with van der Waals surface area (Å²) < 4.78 is 82.5. The number of nitrogens with one attached hydrogen (secondary N) is 3. The predicted molar refractivity (Wildman–Crippen MR) is 271 cm³/mol. The number of rotatable bonds is 19. The number of aliphatic hydroxyl groups excluding tert-OH is 1. The number of H-pyrrole nitrogens is 1. The van der Waals surface area contributed by atoms with E-state index in [0.29, 0.717) is 58.5 Å². The maximum Gasteiger partial charge on any atom is 0.274 e. The minimum atomic E-state index is -3.71. The summed E-state index contributed by atoms with van der Waals surface area (Å²) in [5.41, 5.74) is 5.38. The molecule has 0 radical (unpaired) electrons. The largest absolute Gasteiger partial charge is 0.476 e. The van der Waals surface area contributed by atoms with Crippen molar-refractivity contribution in [2.45, 2.75) is 70.3 Å². The van der Waals surface area contributed by atoms with Crippen molar-refractivity contribution in [3.8, 4) is 33.9 Å². The first-order chi connectivity index (χ1) is 35.8. The number of ketones is 1. The van der Waals surface area contributed by atoms with Gasteiger partial charge in [0, 0.05) is 77.9 Å². The van der Waals surface area contributed by atoms with Crippen molar-refractivity contribution in [2.24, 2.45) is 24.8 Å². The number of hydrogen-bond donors (Lipinski definition) is 4. The molecule has 1 aliphatic heterocycles. The van der Waals surface area contributed by atoms with Crippen LogP contribution in [0, 0.1) is 35.2 Å². The lowest BCUT2D eigenvalue weighted by Gasteiger charge is -2.26. The average Bonchev–Trinajstić information content (AvgIpc) is 4.11. The third-order valence-corrected chi connectivity index (χ3v) is 14.5. The average molecular weight is 1050 g/mol. The van der Waals surface area contributed by atoms with E-state index in [9.17, 15) is 41.5 Å². The Hall–Kier alpha value is -7.78. The van der Waals surface area contributed by atoms with Crippen LogP contribution < -0.4 is 30.8 Å². The van der Waals surface area contributed by atoms with E-state index in [0.717, 1.165) is 12.5 Å². The molecule has 2 unspecified atom stereocenters. The lowest BCUT2D eigenvalue weighted by molar-refractivity contribution is -0.138. The van der Waals surface area contributed by atoms with E-state index in [1.807, 2.05) is 13.8 Å². The number of unbranched alkanes of at least 4 members (excludes halogenated alkanes) is 2. The van der Waals surface area contributed by atoms with Gasteiger partial charge in [-0.25, -0.2) is 26.6 Å². The molecule has 7 aromatic rings. The summed E-state index contributed by atoms with van der Waals surface area (Å²) in [5, 5.41) is 18.1. The minimum absolute atomic E-state index is 0.0163. The van der Waals surface area contributed by atoms with Gasteiger partial charge < -0.3 is 39.0 Å².